The van der Waals surface area contributed by atoms with Gasteiger partial charge in [-0.3, -0.25) is 0 Å². The summed E-state index contributed by atoms with van der Waals surface area (Å²) in [4.78, 5) is 5.91. The van der Waals surface area contributed by atoms with E-state index >= 15 is 0 Å². The van der Waals surface area contributed by atoms with Crippen molar-refractivity contribution in [3.63, 3.8) is 0 Å². The molecule has 0 aliphatic heterocycles. The van der Waals surface area contributed by atoms with Gasteiger partial charge in [0.2, 0.25) is 0 Å². The molecule has 0 aliphatic rings. The topological polar surface area (TPSA) is 12.5 Å². The fourth-order valence-electron chi connectivity index (χ4n) is 2.13. The highest BCUT2D eigenvalue weighted by Crippen LogP contribution is 2.16. The zero-order valence-corrected chi connectivity index (χ0v) is 13.7. The minimum atomic E-state index is 0. The molecule has 2 rings (SSSR count). The highest BCUT2D eigenvalue weighted by molar-refractivity contribution is 6.18. The van der Waals surface area contributed by atoms with E-state index in [0.29, 0.717) is 12.4 Å². The van der Waals surface area contributed by atoms with Gasteiger partial charge in [0.1, 0.15) is 5.75 Å². The Kier molecular flexibility index (Phi) is 8.21. The molecule has 2 aromatic rings. The second-order valence-corrected chi connectivity index (χ2v) is 4.96. The van der Waals surface area contributed by atoms with Crippen LogP contribution in [0.3, 0.4) is 0 Å². The summed E-state index contributed by atoms with van der Waals surface area (Å²) in [7, 11) is 0. The van der Waals surface area contributed by atoms with Crippen LogP contribution in [0.15, 0.2) is 54.6 Å². The molecule has 0 atom stereocenters. The van der Waals surface area contributed by atoms with Crippen molar-refractivity contribution >= 4 is 24.0 Å². The van der Waals surface area contributed by atoms with Crippen molar-refractivity contribution < 1.29 is 4.84 Å². The van der Waals surface area contributed by atoms with Crippen LogP contribution < -0.4 is 4.84 Å². The zero-order chi connectivity index (χ0) is 14.2. The number of aryl methyl sites for hydroxylation is 1. The van der Waals surface area contributed by atoms with E-state index in [-0.39, 0.29) is 12.4 Å². The molecule has 0 fully saturated rings. The Morgan fingerprint density at radius 1 is 0.952 bits per heavy atom. The van der Waals surface area contributed by atoms with Crippen LogP contribution in [0.4, 0.5) is 0 Å². The van der Waals surface area contributed by atoms with Crippen molar-refractivity contribution in [1.82, 2.24) is 5.06 Å². The van der Waals surface area contributed by atoms with E-state index < -0.39 is 0 Å². The quantitative estimate of drug-likeness (QED) is 0.540. The smallest absolute Gasteiger partial charge is 0.147 e. The number of hydrogen-bond acceptors (Lipinski definition) is 2. The predicted molar refractivity (Wildman–Crippen MR) is 91.3 cm³/mol. The summed E-state index contributed by atoms with van der Waals surface area (Å²) in [6.45, 7) is 3.60. The molecule has 0 spiro atoms. The van der Waals surface area contributed by atoms with Gasteiger partial charge in [0.25, 0.3) is 0 Å². The molecule has 2 aromatic carbocycles. The molecule has 0 saturated heterocycles. The molecule has 0 heterocycles. The third kappa shape index (κ3) is 5.58. The second-order valence-electron chi connectivity index (χ2n) is 4.58. The largest absolute Gasteiger partial charge is 0.406 e. The average molecular weight is 326 g/mol. The average Bonchev–Trinajstić information content (AvgIpc) is 2.49. The molecule has 0 bridgehead atoms. The summed E-state index contributed by atoms with van der Waals surface area (Å²) in [5, 5.41) is 1.91. The van der Waals surface area contributed by atoms with Gasteiger partial charge in [-0.1, -0.05) is 49.4 Å². The number of benzene rings is 2. The molecule has 0 radical (unpaired) electrons. The Balaban J connectivity index is 0.00000220. The first-order valence-corrected chi connectivity index (χ1v) is 7.47. The molecule has 0 aliphatic carbocycles. The lowest BCUT2D eigenvalue weighted by Crippen LogP contribution is -2.29. The maximum absolute atomic E-state index is 5.91. The van der Waals surface area contributed by atoms with Gasteiger partial charge < -0.3 is 4.84 Å². The molecule has 2 nitrogen and oxygen atoms in total. The first kappa shape index (κ1) is 17.8. The Hall–Kier alpha value is -1.22. The molecule has 0 aromatic heterocycles. The number of rotatable bonds is 7. The van der Waals surface area contributed by atoms with Crippen LogP contribution in [0.5, 0.6) is 5.75 Å². The van der Waals surface area contributed by atoms with Crippen LogP contribution in [0, 0.1) is 0 Å². The van der Waals surface area contributed by atoms with E-state index in [0.717, 1.165) is 18.7 Å². The number of hydroxylamine groups is 2. The minimum Gasteiger partial charge on any atom is -0.406 e. The number of hydrogen-bond donors (Lipinski definition) is 0. The zero-order valence-electron chi connectivity index (χ0n) is 12.2. The number of alkyl halides is 1. The molecule has 0 N–H and O–H groups in total. The number of para-hydroxylation sites is 1. The van der Waals surface area contributed by atoms with E-state index in [4.69, 9.17) is 16.4 Å². The summed E-state index contributed by atoms with van der Waals surface area (Å²) in [5.41, 5.74) is 2.64. The lowest BCUT2D eigenvalue weighted by molar-refractivity contribution is -0.0616. The SMILES string of the molecule is CCc1ccccc1CN(CCCl)Oc1ccccc1.Cl. The summed E-state index contributed by atoms with van der Waals surface area (Å²) in [5.74, 6) is 1.38. The van der Waals surface area contributed by atoms with Gasteiger partial charge in [0.15, 0.2) is 0 Å². The van der Waals surface area contributed by atoms with Crippen LogP contribution in [-0.2, 0) is 13.0 Å². The van der Waals surface area contributed by atoms with Crippen LogP contribution in [0.25, 0.3) is 0 Å². The Morgan fingerprint density at radius 3 is 2.19 bits per heavy atom. The van der Waals surface area contributed by atoms with E-state index in [1.54, 1.807) is 0 Å². The Morgan fingerprint density at radius 2 is 1.57 bits per heavy atom. The van der Waals surface area contributed by atoms with Crippen molar-refractivity contribution in [1.29, 1.82) is 0 Å². The van der Waals surface area contributed by atoms with Gasteiger partial charge in [0, 0.05) is 12.4 Å². The van der Waals surface area contributed by atoms with E-state index in [2.05, 4.69) is 31.2 Å². The summed E-state index contributed by atoms with van der Waals surface area (Å²) in [6.07, 6.45) is 1.02. The van der Waals surface area contributed by atoms with Crippen LogP contribution in [0.1, 0.15) is 18.1 Å². The summed E-state index contributed by atoms with van der Waals surface area (Å²) < 4.78 is 0. The van der Waals surface area contributed by atoms with Gasteiger partial charge in [-0.15, -0.1) is 29.1 Å². The highest BCUT2D eigenvalue weighted by atomic mass is 35.5. The molecule has 21 heavy (non-hydrogen) atoms. The monoisotopic (exact) mass is 325 g/mol. The van der Waals surface area contributed by atoms with Crippen molar-refractivity contribution in [2.24, 2.45) is 0 Å². The molecule has 114 valence electrons. The summed E-state index contributed by atoms with van der Waals surface area (Å²) >= 11 is 5.88. The van der Waals surface area contributed by atoms with E-state index in [9.17, 15) is 0 Å². The highest BCUT2D eigenvalue weighted by Gasteiger charge is 2.10. The number of nitrogens with zero attached hydrogens (tertiary/aromatic N) is 1. The van der Waals surface area contributed by atoms with Crippen LogP contribution >= 0.6 is 24.0 Å². The van der Waals surface area contributed by atoms with Gasteiger partial charge in [0.05, 0.1) is 6.54 Å². The Bertz CT molecular complexity index is 519. The minimum absolute atomic E-state index is 0. The van der Waals surface area contributed by atoms with Gasteiger partial charge >= 0.3 is 0 Å². The standard InChI is InChI=1S/C17H20ClNO.ClH/c1-2-15-8-6-7-9-16(15)14-19(13-12-18)20-17-10-4-3-5-11-17;/h3-11H,2,12-14H2,1H3;1H. The van der Waals surface area contributed by atoms with Crippen molar-refractivity contribution in [3.8, 4) is 5.75 Å². The lowest BCUT2D eigenvalue weighted by atomic mass is 10.1. The van der Waals surface area contributed by atoms with Crippen LogP contribution in [-0.4, -0.2) is 17.5 Å². The Labute approximate surface area is 138 Å². The summed E-state index contributed by atoms with van der Waals surface area (Å²) in [6, 6.07) is 18.3. The van der Waals surface area contributed by atoms with Crippen molar-refractivity contribution in [3.05, 3.63) is 65.7 Å². The van der Waals surface area contributed by atoms with Crippen LogP contribution in [0.2, 0.25) is 0 Å². The van der Waals surface area contributed by atoms with Gasteiger partial charge in [-0.05, 0) is 29.7 Å². The van der Waals surface area contributed by atoms with Gasteiger partial charge in [-0.2, -0.15) is 0 Å². The maximum atomic E-state index is 5.91. The molecular weight excluding hydrogens is 305 g/mol. The first-order chi connectivity index (χ1) is 9.83. The molecule has 0 saturated carbocycles. The maximum Gasteiger partial charge on any atom is 0.147 e. The van der Waals surface area contributed by atoms with E-state index in [1.807, 2.05) is 35.4 Å². The third-order valence-electron chi connectivity index (χ3n) is 3.16. The number of halogens is 2. The molecule has 0 unspecified atom stereocenters. The fraction of sp³-hybridized carbons (Fsp3) is 0.294. The fourth-order valence-corrected chi connectivity index (χ4v) is 2.32. The third-order valence-corrected chi connectivity index (χ3v) is 3.33. The first-order valence-electron chi connectivity index (χ1n) is 6.94. The van der Waals surface area contributed by atoms with Crippen molar-refractivity contribution in [2.75, 3.05) is 12.4 Å². The second kappa shape index (κ2) is 9.67. The predicted octanol–water partition coefficient (Wildman–Crippen LogP) is 4.71. The normalized spacial score (nSPS) is 10.2. The van der Waals surface area contributed by atoms with Gasteiger partial charge in [-0.25, -0.2) is 0 Å². The molecule has 0 amide bonds. The van der Waals surface area contributed by atoms with E-state index in [1.165, 1.54) is 11.1 Å². The lowest BCUT2D eigenvalue weighted by Gasteiger charge is -2.22. The molecular formula is C17H21Cl2NO. The van der Waals surface area contributed by atoms with Crippen molar-refractivity contribution in [2.45, 2.75) is 19.9 Å². The molecule has 4 heteroatoms.